The highest BCUT2D eigenvalue weighted by atomic mass is 35.5. The molecule has 3 unspecified atom stereocenters. The minimum absolute atomic E-state index is 0.0974. The number of aldehydes is 1. The molecule has 2 aromatic heterocycles. The number of halogens is 1. The number of ether oxygens (including phenoxy) is 1. The van der Waals surface area contributed by atoms with Gasteiger partial charge in [-0.1, -0.05) is 23.7 Å². The summed E-state index contributed by atoms with van der Waals surface area (Å²) in [7, 11) is 1.61. The summed E-state index contributed by atoms with van der Waals surface area (Å²) in [5.74, 6) is 1.96. The zero-order valence-electron chi connectivity index (χ0n) is 24.8. The first-order chi connectivity index (χ1) is 20.6. The van der Waals surface area contributed by atoms with Gasteiger partial charge in [-0.15, -0.1) is 17.9 Å². The van der Waals surface area contributed by atoms with Crippen molar-refractivity contribution in [3.63, 3.8) is 0 Å². The smallest absolute Gasteiger partial charge is 0.226 e. The molecule has 0 aliphatic carbocycles. The maximum absolute atomic E-state index is 14.0. The maximum Gasteiger partial charge on any atom is 0.226 e. The number of aromatic nitrogens is 2. The highest BCUT2D eigenvalue weighted by Crippen LogP contribution is 2.38. The lowest BCUT2D eigenvalue weighted by Crippen LogP contribution is -2.63. The molecule has 2 fully saturated rings. The van der Waals surface area contributed by atoms with E-state index in [4.69, 9.17) is 16.3 Å². The summed E-state index contributed by atoms with van der Waals surface area (Å²) in [5, 5.41) is 0.609. The zero-order chi connectivity index (χ0) is 30.7. The van der Waals surface area contributed by atoms with E-state index < -0.39 is 21.3 Å². The van der Waals surface area contributed by atoms with Gasteiger partial charge < -0.3 is 19.3 Å². The van der Waals surface area contributed by atoms with E-state index in [0.717, 1.165) is 48.1 Å². The van der Waals surface area contributed by atoms with Gasteiger partial charge >= 0.3 is 0 Å². The van der Waals surface area contributed by atoms with E-state index in [-0.39, 0.29) is 19.1 Å². The third-order valence-corrected chi connectivity index (χ3v) is 12.0. The molecule has 3 atom stereocenters. The molecule has 13 heteroatoms. The number of thiophene rings is 1. The van der Waals surface area contributed by atoms with Crippen LogP contribution < -0.4 is 9.80 Å². The molecular weight excluding hydrogens is 608 g/mol. The van der Waals surface area contributed by atoms with Crippen molar-refractivity contribution in [1.29, 1.82) is 0 Å². The van der Waals surface area contributed by atoms with E-state index in [1.165, 1.54) is 21.7 Å². The Morgan fingerprint density at radius 3 is 2.65 bits per heavy atom. The summed E-state index contributed by atoms with van der Waals surface area (Å²) >= 11 is 7.56. The second-order valence-electron chi connectivity index (χ2n) is 11.4. The number of methoxy groups -OCH3 is 1. The summed E-state index contributed by atoms with van der Waals surface area (Å²) in [5.41, 5.74) is 0. The summed E-state index contributed by atoms with van der Waals surface area (Å²) < 4.78 is 36.0. The van der Waals surface area contributed by atoms with E-state index in [9.17, 15) is 13.2 Å². The Morgan fingerprint density at radius 1 is 1.21 bits per heavy atom. The quantitative estimate of drug-likeness (QED) is 0.225. The number of anilines is 2. The number of hydrogen-bond acceptors (Lipinski definition) is 10. The SMILES string of the molecule is C=CC(c1cc2ccc(Cl)cc2s1)S(=O)(=O)N1CC(C=O)N(CC2CCN(c3ccnc(N(C)C)n3)CC2)C(COC)C1. The van der Waals surface area contributed by atoms with Gasteiger partial charge in [0.1, 0.15) is 17.4 Å². The van der Waals surface area contributed by atoms with Crippen LogP contribution in [0, 0.1) is 5.92 Å². The molecule has 5 rings (SSSR count). The van der Waals surface area contributed by atoms with Crippen molar-refractivity contribution >= 4 is 61.1 Å². The number of fused-ring (bicyclic) bond motifs is 1. The monoisotopic (exact) mass is 646 g/mol. The Morgan fingerprint density at radius 2 is 1.98 bits per heavy atom. The molecule has 0 N–H and O–H groups in total. The summed E-state index contributed by atoms with van der Waals surface area (Å²) in [4.78, 5) is 28.5. The molecule has 0 saturated carbocycles. The van der Waals surface area contributed by atoms with Crippen molar-refractivity contribution in [3.8, 4) is 0 Å². The molecule has 2 aliphatic heterocycles. The molecule has 4 heterocycles. The average Bonchev–Trinajstić information content (AvgIpc) is 3.41. The number of carbonyl (C=O) groups excluding carboxylic acids is 1. The van der Waals surface area contributed by atoms with Crippen LogP contribution in [-0.2, 0) is 19.6 Å². The third kappa shape index (κ3) is 6.89. The van der Waals surface area contributed by atoms with Gasteiger partial charge in [0.15, 0.2) is 0 Å². The van der Waals surface area contributed by atoms with Crippen LogP contribution in [0.1, 0.15) is 23.0 Å². The number of piperazine rings is 1. The minimum Gasteiger partial charge on any atom is -0.383 e. The van der Waals surface area contributed by atoms with Gasteiger partial charge in [0.2, 0.25) is 16.0 Å². The Hall–Kier alpha value is -2.61. The molecule has 0 amide bonds. The molecule has 43 heavy (non-hydrogen) atoms. The number of benzene rings is 1. The second kappa shape index (κ2) is 13.6. The Balaban J connectivity index is 1.29. The van der Waals surface area contributed by atoms with Crippen LogP contribution in [0.25, 0.3) is 10.1 Å². The van der Waals surface area contributed by atoms with E-state index in [1.807, 2.05) is 43.3 Å². The fourth-order valence-electron chi connectivity index (χ4n) is 6.04. The first kappa shape index (κ1) is 31.8. The summed E-state index contributed by atoms with van der Waals surface area (Å²) in [6.45, 7) is 6.94. The molecule has 0 bridgehead atoms. The number of hydrogen-bond donors (Lipinski definition) is 0. The predicted octanol–water partition coefficient (Wildman–Crippen LogP) is 4.08. The highest BCUT2D eigenvalue weighted by molar-refractivity contribution is 7.89. The van der Waals surface area contributed by atoms with Crippen molar-refractivity contribution in [3.05, 3.63) is 59.1 Å². The van der Waals surface area contributed by atoms with E-state index >= 15 is 0 Å². The maximum atomic E-state index is 14.0. The van der Waals surface area contributed by atoms with E-state index in [0.29, 0.717) is 34.9 Å². The number of nitrogens with zero attached hydrogens (tertiary/aromatic N) is 6. The Bertz CT molecular complexity index is 1540. The fraction of sp³-hybridized carbons (Fsp3) is 0.500. The van der Waals surface area contributed by atoms with Crippen molar-refractivity contribution < 1.29 is 17.9 Å². The van der Waals surface area contributed by atoms with Gasteiger partial charge in [-0.05, 0) is 48.4 Å². The number of piperidine rings is 1. The predicted molar refractivity (Wildman–Crippen MR) is 174 cm³/mol. The molecule has 232 valence electrons. The largest absolute Gasteiger partial charge is 0.383 e. The van der Waals surface area contributed by atoms with Crippen LogP contribution in [0.15, 0.2) is 49.2 Å². The van der Waals surface area contributed by atoms with E-state index in [1.54, 1.807) is 19.4 Å². The van der Waals surface area contributed by atoms with Crippen LogP contribution in [-0.4, -0.2) is 106 Å². The van der Waals surface area contributed by atoms with Gasteiger partial charge in [0.05, 0.1) is 12.6 Å². The third-order valence-electron chi connectivity index (χ3n) is 8.33. The molecule has 10 nitrogen and oxygen atoms in total. The van der Waals surface area contributed by atoms with Gasteiger partial charge in [0.25, 0.3) is 0 Å². The Labute approximate surface area is 262 Å². The van der Waals surface area contributed by atoms with Crippen LogP contribution in [0.5, 0.6) is 0 Å². The van der Waals surface area contributed by atoms with Crippen LogP contribution in [0.3, 0.4) is 0 Å². The molecule has 1 aromatic carbocycles. The molecule has 0 radical (unpaired) electrons. The Kier molecular flexibility index (Phi) is 10.0. The number of rotatable bonds is 11. The first-order valence-electron chi connectivity index (χ1n) is 14.4. The molecule has 2 saturated heterocycles. The lowest BCUT2D eigenvalue weighted by molar-refractivity contribution is -0.116. The average molecular weight is 647 g/mol. The zero-order valence-corrected chi connectivity index (χ0v) is 27.2. The number of sulfonamides is 1. The lowest BCUT2D eigenvalue weighted by atomic mass is 9.94. The van der Waals surface area contributed by atoms with Gasteiger partial charge in [-0.3, -0.25) is 4.90 Å². The van der Waals surface area contributed by atoms with Gasteiger partial charge in [-0.25, -0.2) is 13.4 Å². The highest BCUT2D eigenvalue weighted by Gasteiger charge is 2.43. The topological polar surface area (TPSA) is 99.2 Å². The van der Waals surface area contributed by atoms with Gasteiger partial charge in [-0.2, -0.15) is 9.29 Å². The molecular formula is C30H39ClN6O4S2. The minimum atomic E-state index is -3.85. The van der Waals surface area contributed by atoms with Crippen molar-refractivity contribution in [1.82, 2.24) is 19.2 Å². The molecule has 2 aliphatic rings. The van der Waals surface area contributed by atoms with E-state index in [2.05, 4.69) is 26.3 Å². The fourth-order valence-corrected chi connectivity index (χ4v) is 9.53. The normalized spacial score (nSPS) is 21.6. The second-order valence-corrected chi connectivity index (χ2v) is 15.0. The van der Waals surface area contributed by atoms with Crippen LogP contribution >= 0.6 is 22.9 Å². The first-order valence-corrected chi connectivity index (χ1v) is 17.1. The standard InChI is InChI=1S/C30H39ClN6O4S2/c1-5-28(27-14-22-6-7-23(31)15-26(22)42-27)43(39,40)36-17-24(19-38)37(25(18-36)20-41-4)16-21-9-12-35(13-10-21)29-8-11-32-30(33-29)34(2)3/h5-8,11,14-15,19,21,24-25,28H,1,9-10,12-13,16-18,20H2,2-4H3. The summed E-state index contributed by atoms with van der Waals surface area (Å²) in [6.07, 6.45) is 6.03. The van der Waals surface area contributed by atoms with Crippen LogP contribution in [0.2, 0.25) is 5.02 Å². The van der Waals surface area contributed by atoms with Crippen molar-refractivity contribution in [2.24, 2.45) is 5.92 Å². The van der Waals surface area contributed by atoms with Gasteiger partial charge in [0, 0.05) is 80.8 Å². The number of carbonyl (C=O) groups is 1. The molecule has 0 spiro atoms. The molecule has 3 aromatic rings. The van der Waals surface area contributed by atoms with Crippen LogP contribution in [0.4, 0.5) is 11.8 Å². The van der Waals surface area contributed by atoms with Crippen molar-refractivity contribution in [2.75, 3.05) is 70.3 Å². The van der Waals surface area contributed by atoms with Crippen molar-refractivity contribution in [2.45, 2.75) is 30.2 Å². The summed E-state index contributed by atoms with van der Waals surface area (Å²) in [6, 6.07) is 8.52. The lowest BCUT2D eigenvalue weighted by Gasteiger charge is -2.46.